The molecule has 96 valence electrons. The third kappa shape index (κ3) is 3.20. The van der Waals surface area contributed by atoms with Gasteiger partial charge in [-0.3, -0.25) is 4.68 Å². The predicted molar refractivity (Wildman–Crippen MR) is 75.5 cm³/mol. The van der Waals surface area contributed by atoms with E-state index in [1.165, 1.54) is 11.1 Å². The van der Waals surface area contributed by atoms with Crippen LogP contribution < -0.4 is 5.32 Å². The minimum absolute atomic E-state index is 0.366. The predicted octanol–water partition coefficient (Wildman–Crippen LogP) is 3.11. The van der Waals surface area contributed by atoms with Gasteiger partial charge in [0.25, 0.3) is 0 Å². The minimum Gasteiger partial charge on any atom is -0.312 e. The average molecular weight is 243 g/mol. The van der Waals surface area contributed by atoms with Crippen LogP contribution in [0, 0.1) is 0 Å². The van der Waals surface area contributed by atoms with E-state index < -0.39 is 0 Å². The molecule has 2 rings (SSSR count). The van der Waals surface area contributed by atoms with Crippen LogP contribution in [0.25, 0.3) is 11.1 Å². The molecule has 1 N–H and O–H groups in total. The third-order valence-corrected chi connectivity index (χ3v) is 2.98. The van der Waals surface area contributed by atoms with Gasteiger partial charge in [0.1, 0.15) is 0 Å². The molecule has 0 aliphatic carbocycles. The van der Waals surface area contributed by atoms with Crippen LogP contribution in [0.3, 0.4) is 0 Å². The highest BCUT2D eigenvalue weighted by atomic mass is 15.3. The molecular weight excluding hydrogens is 222 g/mol. The van der Waals surface area contributed by atoms with Crippen molar-refractivity contribution in [3.63, 3.8) is 0 Å². The highest BCUT2D eigenvalue weighted by Gasteiger charge is 2.07. The van der Waals surface area contributed by atoms with Crippen molar-refractivity contribution in [2.24, 2.45) is 0 Å². The van der Waals surface area contributed by atoms with Crippen LogP contribution >= 0.6 is 0 Å². The number of nitrogens with one attached hydrogen (secondary N) is 1. The molecule has 1 heterocycles. The highest BCUT2D eigenvalue weighted by Crippen LogP contribution is 2.19. The number of hydrogen-bond acceptors (Lipinski definition) is 2. The normalized spacial score (nSPS) is 12.9. The van der Waals surface area contributed by atoms with Gasteiger partial charge < -0.3 is 5.32 Å². The number of benzene rings is 1. The summed E-state index contributed by atoms with van der Waals surface area (Å²) in [6.45, 7) is 7.43. The zero-order valence-corrected chi connectivity index (χ0v) is 11.3. The Bertz CT molecular complexity index is 473. The molecule has 2 aromatic rings. The Hall–Kier alpha value is -1.61. The van der Waals surface area contributed by atoms with E-state index in [2.05, 4.69) is 61.6 Å². The van der Waals surface area contributed by atoms with Gasteiger partial charge in [-0.05, 0) is 12.5 Å². The lowest BCUT2D eigenvalue weighted by molar-refractivity contribution is 0.433. The number of aromatic nitrogens is 2. The summed E-state index contributed by atoms with van der Waals surface area (Å²) in [5.74, 6) is 0. The Kier molecular flexibility index (Phi) is 4.15. The molecule has 0 amide bonds. The van der Waals surface area contributed by atoms with E-state index >= 15 is 0 Å². The summed E-state index contributed by atoms with van der Waals surface area (Å²) in [5.41, 5.74) is 2.39. The van der Waals surface area contributed by atoms with E-state index in [1.807, 2.05) is 16.9 Å². The second kappa shape index (κ2) is 5.83. The molecule has 0 aliphatic rings. The molecule has 0 spiro atoms. The van der Waals surface area contributed by atoms with Crippen molar-refractivity contribution in [3.8, 4) is 11.1 Å². The van der Waals surface area contributed by atoms with E-state index in [0.717, 1.165) is 6.54 Å². The summed E-state index contributed by atoms with van der Waals surface area (Å²) in [7, 11) is 0. The quantitative estimate of drug-likeness (QED) is 0.874. The zero-order valence-electron chi connectivity index (χ0n) is 11.3. The first-order valence-corrected chi connectivity index (χ1v) is 6.50. The topological polar surface area (TPSA) is 29.9 Å². The van der Waals surface area contributed by atoms with Crippen LogP contribution in [0.4, 0.5) is 0 Å². The fraction of sp³-hybridized carbons (Fsp3) is 0.400. The average Bonchev–Trinajstić information content (AvgIpc) is 2.86. The Morgan fingerprint density at radius 2 is 1.83 bits per heavy atom. The van der Waals surface area contributed by atoms with Gasteiger partial charge in [0.2, 0.25) is 0 Å². The maximum absolute atomic E-state index is 4.45. The standard InChI is InChI=1S/C15H21N3/c1-12(2)16-9-13(3)18-11-15(10-17-18)14-7-5-4-6-8-14/h4-8,10-13,16H,9H2,1-3H3. The largest absolute Gasteiger partial charge is 0.312 e. The molecule has 0 radical (unpaired) electrons. The van der Waals surface area contributed by atoms with E-state index in [4.69, 9.17) is 0 Å². The summed E-state index contributed by atoms with van der Waals surface area (Å²) in [5, 5.41) is 7.88. The van der Waals surface area contributed by atoms with Crippen molar-refractivity contribution in [1.82, 2.24) is 15.1 Å². The van der Waals surface area contributed by atoms with Gasteiger partial charge in [-0.2, -0.15) is 5.10 Å². The molecule has 1 atom stereocenters. The van der Waals surface area contributed by atoms with Gasteiger partial charge in [-0.1, -0.05) is 44.2 Å². The molecular formula is C15H21N3. The van der Waals surface area contributed by atoms with Crippen molar-refractivity contribution in [2.75, 3.05) is 6.54 Å². The van der Waals surface area contributed by atoms with Crippen molar-refractivity contribution in [1.29, 1.82) is 0 Å². The van der Waals surface area contributed by atoms with Crippen LogP contribution in [0.1, 0.15) is 26.8 Å². The van der Waals surface area contributed by atoms with Crippen molar-refractivity contribution >= 4 is 0 Å². The molecule has 0 fully saturated rings. The lowest BCUT2D eigenvalue weighted by Gasteiger charge is -2.15. The smallest absolute Gasteiger partial charge is 0.0615 e. The molecule has 1 aromatic carbocycles. The molecule has 3 nitrogen and oxygen atoms in total. The van der Waals surface area contributed by atoms with Gasteiger partial charge in [0.15, 0.2) is 0 Å². The SMILES string of the molecule is CC(C)NCC(C)n1cc(-c2ccccc2)cn1. The van der Waals surface area contributed by atoms with Crippen molar-refractivity contribution < 1.29 is 0 Å². The monoisotopic (exact) mass is 243 g/mol. The second-order valence-corrected chi connectivity index (χ2v) is 4.99. The summed E-state index contributed by atoms with van der Waals surface area (Å²) in [6.07, 6.45) is 4.04. The van der Waals surface area contributed by atoms with Gasteiger partial charge in [0.05, 0.1) is 12.2 Å². The van der Waals surface area contributed by atoms with E-state index in [0.29, 0.717) is 12.1 Å². The number of hydrogen-bond donors (Lipinski definition) is 1. The van der Waals surface area contributed by atoms with Crippen LogP contribution in [0.5, 0.6) is 0 Å². The Morgan fingerprint density at radius 3 is 2.50 bits per heavy atom. The number of rotatable bonds is 5. The molecule has 1 aromatic heterocycles. The fourth-order valence-electron chi connectivity index (χ4n) is 1.86. The number of nitrogens with zero attached hydrogens (tertiary/aromatic N) is 2. The van der Waals surface area contributed by atoms with Gasteiger partial charge in [0, 0.05) is 24.3 Å². The van der Waals surface area contributed by atoms with E-state index in [1.54, 1.807) is 0 Å². The summed E-state index contributed by atoms with van der Waals surface area (Å²) in [6, 6.07) is 11.2. The van der Waals surface area contributed by atoms with E-state index in [9.17, 15) is 0 Å². The van der Waals surface area contributed by atoms with Crippen LogP contribution in [0.2, 0.25) is 0 Å². The highest BCUT2D eigenvalue weighted by molar-refractivity contribution is 5.61. The van der Waals surface area contributed by atoms with Crippen molar-refractivity contribution in [3.05, 3.63) is 42.7 Å². The first kappa shape index (κ1) is 12.8. The third-order valence-electron chi connectivity index (χ3n) is 2.98. The Balaban J connectivity index is 2.06. The first-order chi connectivity index (χ1) is 8.66. The lowest BCUT2D eigenvalue weighted by Crippen LogP contribution is -2.29. The molecule has 1 unspecified atom stereocenters. The van der Waals surface area contributed by atoms with E-state index in [-0.39, 0.29) is 0 Å². The Morgan fingerprint density at radius 1 is 1.11 bits per heavy atom. The maximum atomic E-state index is 4.45. The van der Waals surface area contributed by atoms with Crippen LogP contribution in [-0.2, 0) is 0 Å². The summed E-state index contributed by atoms with van der Waals surface area (Å²) in [4.78, 5) is 0. The van der Waals surface area contributed by atoms with Gasteiger partial charge >= 0.3 is 0 Å². The summed E-state index contributed by atoms with van der Waals surface area (Å²) >= 11 is 0. The van der Waals surface area contributed by atoms with Crippen molar-refractivity contribution in [2.45, 2.75) is 32.9 Å². The zero-order chi connectivity index (χ0) is 13.0. The van der Waals surface area contributed by atoms with Crippen LogP contribution in [0.15, 0.2) is 42.7 Å². The molecule has 18 heavy (non-hydrogen) atoms. The molecule has 0 saturated heterocycles. The fourth-order valence-corrected chi connectivity index (χ4v) is 1.86. The minimum atomic E-state index is 0.366. The maximum Gasteiger partial charge on any atom is 0.0615 e. The Labute approximate surface area is 109 Å². The molecule has 3 heteroatoms. The van der Waals surface area contributed by atoms with Crippen LogP contribution in [-0.4, -0.2) is 22.4 Å². The molecule has 0 saturated carbocycles. The first-order valence-electron chi connectivity index (χ1n) is 6.50. The van der Waals surface area contributed by atoms with Gasteiger partial charge in [-0.15, -0.1) is 0 Å². The molecule has 0 bridgehead atoms. The second-order valence-electron chi connectivity index (χ2n) is 4.99. The molecule has 0 aliphatic heterocycles. The lowest BCUT2D eigenvalue weighted by atomic mass is 10.1. The van der Waals surface area contributed by atoms with Gasteiger partial charge in [-0.25, -0.2) is 0 Å². The summed E-state index contributed by atoms with van der Waals surface area (Å²) < 4.78 is 2.03.